The molecule has 0 spiro atoms. The fraction of sp³-hybridized carbons (Fsp3) is 0.231. The number of aliphatic carboxylic acids is 1. The van der Waals surface area contributed by atoms with Crippen LogP contribution in [0.1, 0.15) is 12.5 Å². The third-order valence-corrected chi connectivity index (χ3v) is 3.96. The Morgan fingerprint density at radius 2 is 2.21 bits per heavy atom. The number of carboxylic acids is 1. The van der Waals surface area contributed by atoms with E-state index in [1.165, 1.54) is 18.3 Å². The van der Waals surface area contributed by atoms with Gasteiger partial charge in [0.25, 0.3) is 0 Å². The van der Waals surface area contributed by atoms with Gasteiger partial charge < -0.3 is 10.4 Å². The molecule has 0 aliphatic heterocycles. The Labute approximate surface area is 119 Å². The first-order valence-corrected chi connectivity index (χ1v) is 6.88. The zero-order valence-corrected chi connectivity index (χ0v) is 11.7. The van der Waals surface area contributed by atoms with E-state index in [1.54, 1.807) is 6.07 Å². The number of hydrogen-bond acceptors (Lipinski definition) is 3. The van der Waals surface area contributed by atoms with Crippen molar-refractivity contribution in [2.24, 2.45) is 0 Å². The lowest BCUT2D eigenvalue weighted by molar-refractivity contribution is -0.141. The molecule has 19 heavy (non-hydrogen) atoms. The van der Waals surface area contributed by atoms with Crippen molar-refractivity contribution in [2.75, 3.05) is 0 Å². The van der Waals surface area contributed by atoms with Crippen molar-refractivity contribution < 1.29 is 14.7 Å². The lowest BCUT2D eigenvalue weighted by atomic mass is 10.1. The van der Waals surface area contributed by atoms with Gasteiger partial charge in [-0.25, -0.2) is 4.79 Å². The molecule has 6 heteroatoms. The molecule has 4 nitrogen and oxygen atoms in total. The first kappa shape index (κ1) is 13.8. The van der Waals surface area contributed by atoms with Gasteiger partial charge in [0.2, 0.25) is 5.91 Å². The molecule has 2 N–H and O–H groups in total. The average Bonchev–Trinajstić information content (AvgIpc) is 2.70. The predicted molar refractivity (Wildman–Crippen MR) is 75.8 cm³/mol. The summed E-state index contributed by atoms with van der Waals surface area (Å²) in [4.78, 5) is 22.1. The number of halogens is 1. The van der Waals surface area contributed by atoms with Gasteiger partial charge in [-0.3, -0.25) is 4.79 Å². The molecule has 0 saturated carbocycles. The van der Waals surface area contributed by atoms with E-state index in [9.17, 15) is 9.59 Å². The maximum Gasteiger partial charge on any atom is 0.326 e. The van der Waals surface area contributed by atoms with Crippen LogP contribution in [0.3, 0.4) is 0 Å². The molecule has 0 radical (unpaired) electrons. The van der Waals surface area contributed by atoms with E-state index >= 15 is 0 Å². The van der Waals surface area contributed by atoms with Gasteiger partial charge in [-0.2, -0.15) is 0 Å². The van der Waals surface area contributed by atoms with Crippen LogP contribution < -0.4 is 5.32 Å². The van der Waals surface area contributed by atoms with Crippen molar-refractivity contribution in [3.63, 3.8) is 0 Å². The fourth-order valence-corrected chi connectivity index (χ4v) is 3.01. The minimum absolute atomic E-state index is 0.245. The van der Waals surface area contributed by atoms with Crippen LogP contribution in [0.15, 0.2) is 23.6 Å². The van der Waals surface area contributed by atoms with Crippen molar-refractivity contribution in [3.8, 4) is 0 Å². The summed E-state index contributed by atoms with van der Waals surface area (Å²) < 4.78 is 1.05. The third-order valence-electron chi connectivity index (χ3n) is 2.72. The van der Waals surface area contributed by atoms with Gasteiger partial charge in [0.15, 0.2) is 0 Å². The van der Waals surface area contributed by atoms with Crippen LogP contribution in [0, 0.1) is 0 Å². The summed E-state index contributed by atoms with van der Waals surface area (Å²) in [5.74, 6) is -1.40. The lowest BCUT2D eigenvalue weighted by Crippen LogP contribution is -2.41. The Hall–Kier alpha value is -1.59. The summed E-state index contributed by atoms with van der Waals surface area (Å²) in [5.41, 5.74) is 0.878. The molecule has 1 atom stereocenters. The van der Waals surface area contributed by atoms with Gasteiger partial charge in [-0.15, -0.1) is 11.3 Å². The molecule has 2 aromatic rings. The number of amides is 1. The van der Waals surface area contributed by atoms with Gasteiger partial charge in [-0.1, -0.05) is 11.6 Å². The molecule has 1 unspecified atom stereocenters. The zero-order chi connectivity index (χ0) is 14.0. The summed E-state index contributed by atoms with van der Waals surface area (Å²) in [6, 6.07) is 4.59. The maximum atomic E-state index is 11.1. The summed E-state index contributed by atoms with van der Waals surface area (Å²) in [7, 11) is 0. The standard InChI is InChI=1S/C13H12ClNO3S/c1-7(16)15-11(13(17)18)4-8-6-19-12-3-2-9(14)5-10(8)12/h2-3,5-6,11H,4H2,1H3,(H,15,16)(H,17,18). The minimum Gasteiger partial charge on any atom is -0.480 e. The van der Waals surface area contributed by atoms with E-state index < -0.39 is 12.0 Å². The monoisotopic (exact) mass is 297 g/mol. The maximum absolute atomic E-state index is 11.1. The first-order chi connectivity index (χ1) is 8.97. The van der Waals surface area contributed by atoms with E-state index in [2.05, 4.69) is 5.32 Å². The Kier molecular flexibility index (Phi) is 4.07. The summed E-state index contributed by atoms with van der Waals surface area (Å²) >= 11 is 7.48. The number of benzene rings is 1. The van der Waals surface area contributed by atoms with Crippen molar-refractivity contribution in [1.29, 1.82) is 0 Å². The molecule has 100 valence electrons. The van der Waals surface area contributed by atoms with Crippen LogP contribution in [0.5, 0.6) is 0 Å². The lowest BCUT2D eigenvalue weighted by Gasteiger charge is -2.12. The molecular formula is C13H12ClNO3S. The number of fused-ring (bicyclic) bond motifs is 1. The van der Waals surface area contributed by atoms with Crippen LogP contribution in [0.2, 0.25) is 5.02 Å². The highest BCUT2D eigenvalue weighted by atomic mass is 35.5. The number of carbonyl (C=O) groups is 2. The third kappa shape index (κ3) is 3.24. The Balaban J connectivity index is 2.31. The van der Waals surface area contributed by atoms with Crippen molar-refractivity contribution >= 4 is 44.9 Å². The topological polar surface area (TPSA) is 66.4 Å². The highest BCUT2D eigenvalue weighted by Crippen LogP contribution is 2.29. The highest BCUT2D eigenvalue weighted by molar-refractivity contribution is 7.17. The van der Waals surface area contributed by atoms with E-state index in [-0.39, 0.29) is 12.3 Å². The van der Waals surface area contributed by atoms with Gasteiger partial charge in [-0.05, 0) is 34.5 Å². The van der Waals surface area contributed by atoms with E-state index in [1.807, 2.05) is 17.5 Å². The second-order valence-corrected chi connectivity index (χ2v) is 5.54. The molecule has 0 fully saturated rings. The van der Waals surface area contributed by atoms with E-state index in [0.29, 0.717) is 5.02 Å². The quantitative estimate of drug-likeness (QED) is 0.912. The number of carbonyl (C=O) groups excluding carboxylic acids is 1. The summed E-state index contributed by atoms with van der Waals surface area (Å²) in [5, 5.41) is 15.0. The molecule has 1 amide bonds. The average molecular weight is 298 g/mol. The van der Waals surface area contributed by atoms with Gasteiger partial charge in [0.1, 0.15) is 6.04 Å². The number of rotatable bonds is 4. The second kappa shape index (κ2) is 5.59. The summed E-state index contributed by atoms with van der Waals surface area (Å²) in [6.07, 6.45) is 0.245. The van der Waals surface area contributed by atoms with Crippen LogP contribution >= 0.6 is 22.9 Å². The van der Waals surface area contributed by atoms with Crippen LogP contribution in [-0.2, 0) is 16.0 Å². The summed E-state index contributed by atoms with van der Waals surface area (Å²) in [6.45, 7) is 1.30. The van der Waals surface area contributed by atoms with Crippen molar-refractivity contribution in [1.82, 2.24) is 5.32 Å². The molecular weight excluding hydrogens is 286 g/mol. The second-order valence-electron chi connectivity index (χ2n) is 4.20. The van der Waals surface area contributed by atoms with E-state index in [4.69, 9.17) is 16.7 Å². The number of hydrogen-bond donors (Lipinski definition) is 2. The smallest absolute Gasteiger partial charge is 0.326 e. The molecule has 1 heterocycles. The largest absolute Gasteiger partial charge is 0.480 e. The van der Waals surface area contributed by atoms with Gasteiger partial charge in [0, 0.05) is 23.1 Å². The zero-order valence-electron chi connectivity index (χ0n) is 10.1. The SMILES string of the molecule is CC(=O)NC(Cc1csc2ccc(Cl)cc12)C(=O)O. The molecule has 2 rings (SSSR count). The van der Waals surface area contributed by atoms with Crippen molar-refractivity contribution in [3.05, 3.63) is 34.2 Å². The predicted octanol–water partition coefficient (Wildman–Crippen LogP) is 2.69. The number of nitrogens with one attached hydrogen (secondary N) is 1. The molecule has 1 aromatic heterocycles. The normalized spacial score (nSPS) is 12.3. The Morgan fingerprint density at radius 1 is 1.47 bits per heavy atom. The minimum atomic E-state index is -1.04. The van der Waals surface area contributed by atoms with Gasteiger partial charge in [0.05, 0.1) is 0 Å². The molecule has 1 aromatic carbocycles. The highest BCUT2D eigenvalue weighted by Gasteiger charge is 2.20. The molecule has 0 saturated heterocycles. The van der Waals surface area contributed by atoms with E-state index in [0.717, 1.165) is 15.6 Å². The number of thiophene rings is 1. The van der Waals surface area contributed by atoms with Crippen LogP contribution in [0.4, 0.5) is 0 Å². The molecule has 0 aliphatic rings. The fourth-order valence-electron chi connectivity index (χ4n) is 1.88. The van der Waals surface area contributed by atoms with Crippen molar-refractivity contribution in [2.45, 2.75) is 19.4 Å². The molecule has 0 aliphatic carbocycles. The van der Waals surface area contributed by atoms with Gasteiger partial charge >= 0.3 is 5.97 Å². The van der Waals surface area contributed by atoms with Crippen LogP contribution in [-0.4, -0.2) is 23.0 Å². The first-order valence-electron chi connectivity index (χ1n) is 5.63. The number of carboxylic acid groups (broad SMARTS) is 1. The van der Waals surface area contributed by atoms with Crippen LogP contribution in [0.25, 0.3) is 10.1 Å². The molecule has 0 bridgehead atoms. The Morgan fingerprint density at radius 3 is 2.84 bits per heavy atom. The Bertz CT molecular complexity index is 638.